The van der Waals surface area contributed by atoms with Gasteiger partial charge in [0.1, 0.15) is 0 Å². The van der Waals surface area contributed by atoms with Crippen LogP contribution in [0.15, 0.2) is 23.4 Å². The van der Waals surface area contributed by atoms with Crippen LogP contribution in [0.2, 0.25) is 0 Å². The first-order valence-electron chi connectivity index (χ1n) is 5.09. The van der Waals surface area contributed by atoms with E-state index < -0.39 is 0 Å². The van der Waals surface area contributed by atoms with E-state index in [0.29, 0.717) is 12.0 Å². The molecule has 1 aromatic heterocycles. The van der Waals surface area contributed by atoms with Crippen molar-refractivity contribution in [1.82, 2.24) is 10.3 Å². The molecule has 1 amide bonds. The Morgan fingerprint density at radius 1 is 1.69 bits per heavy atom. The Labute approximate surface area is 99.5 Å². The summed E-state index contributed by atoms with van der Waals surface area (Å²) >= 11 is 1.50. The number of thioether (sulfide) groups is 1. The Balaban J connectivity index is 2.65. The normalized spacial score (nSPS) is 12.2. The van der Waals surface area contributed by atoms with Crippen molar-refractivity contribution in [3.05, 3.63) is 23.9 Å². The van der Waals surface area contributed by atoms with Crippen molar-refractivity contribution in [2.45, 2.75) is 24.4 Å². The minimum atomic E-state index is -0.126. The standard InChI is InChI=1S/C11H16N2O2S/c1-8(4-6-14)13-11(15)9-3-5-12-10(7-9)16-2/h3,5,7-8,14H,4,6H2,1-2H3,(H,13,15). The van der Waals surface area contributed by atoms with Crippen LogP contribution in [-0.4, -0.2) is 34.9 Å². The quantitative estimate of drug-likeness (QED) is 0.762. The van der Waals surface area contributed by atoms with Crippen molar-refractivity contribution in [3.8, 4) is 0 Å². The summed E-state index contributed by atoms with van der Waals surface area (Å²) in [7, 11) is 0. The molecule has 1 atom stereocenters. The van der Waals surface area contributed by atoms with E-state index in [0.717, 1.165) is 5.03 Å². The SMILES string of the molecule is CSc1cc(C(=O)NC(C)CCO)ccn1. The van der Waals surface area contributed by atoms with Crippen LogP contribution in [-0.2, 0) is 0 Å². The van der Waals surface area contributed by atoms with Crippen molar-refractivity contribution >= 4 is 17.7 Å². The number of hydrogen-bond donors (Lipinski definition) is 2. The second-order valence-corrected chi connectivity index (χ2v) is 4.30. The first kappa shape index (κ1) is 13.0. The van der Waals surface area contributed by atoms with Gasteiger partial charge in [0.15, 0.2) is 0 Å². The number of amides is 1. The van der Waals surface area contributed by atoms with E-state index in [1.807, 2.05) is 13.2 Å². The molecule has 0 fully saturated rings. The van der Waals surface area contributed by atoms with Crippen molar-refractivity contribution < 1.29 is 9.90 Å². The lowest BCUT2D eigenvalue weighted by molar-refractivity contribution is 0.0934. The highest BCUT2D eigenvalue weighted by Gasteiger charge is 2.09. The van der Waals surface area contributed by atoms with Crippen molar-refractivity contribution in [3.63, 3.8) is 0 Å². The molecule has 0 aliphatic heterocycles. The highest BCUT2D eigenvalue weighted by Crippen LogP contribution is 2.12. The van der Waals surface area contributed by atoms with Gasteiger partial charge in [0.25, 0.3) is 5.91 Å². The molecule has 1 rings (SSSR count). The van der Waals surface area contributed by atoms with Gasteiger partial charge in [0.05, 0.1) is 5.03 Å². The number of aliphatic hydroxyl groups excluding tert-OH is 1. The van der Waals surface area contributed by atoms with Crippen LogP contribution in [0, 0.1) is 0 Å². The summed E-state index contributed by atoms with van der Waals surface area (Å²) in [5.41, 5.74) is 0.601. The Morgan fingerprint density at radius 2 is 2.44 bits per heavy atom. The zero-order valence-corrected chi connectivity index (χ0v) is 10.3. The number of nitrogens with zero attached hydrogens (tertiary/aromatic N) is 1. The van der Waals surface area contributed by atoms with Crippen molar-refractivity contribution in [2.75, 3.05) is 12.9 Å². The number of rotatable bonds is 5. The molecule has 0 spiro atoms. The molecule has 2 N–H and O–H groups in total. The number of carbonyl (C=O) groups is 1. The fraction of sp³-hybridized carbons (Fsp3) is 0.455. The number of aliphatic hydroxyl groups is 1. The third-order valence-corrected chi connectivity index (χ3v) is 2.79. The number of aromatic nitrogens is 1. The molecule has 0 bridgehead atoms. The molecule has 16 heavy (non-hydrogen) atoms. The third kappa shape index (κ3) is 3.83. The summed E-state index contributed by atoms with van der Waals surface area (Å²) in [6.45, 7) is 1.94. The van der Waals surface area contributed by atoms with E-state index in [4.69, 9.17) is 5.11 Å². The predicted molar refractivity (Wildman–Crippen MR) is 64.6 cm³/mol. The van der Waals surface area contributed by atoms with E-state index >= 15 is 0 Å². The van der Waals surface area contributed by atoms with Crippen LogP contribution in [0.1, 0.15) is 23.7 Å². The van der Waals surface area contributed by atoms with E-state index in [9.17, 15) is 4.79 Å². The molecule has 0 saturated carbocycles. The third-order valence-electron chi connectivity index (χ3n) is 2.15. The Bertz CT molecular complexity index is 358. The minimum absolute atomic E-state index is 0.0246. The van der Waals surface area contributed by atoms with E-state index in [2.05, 4.69) is 10.3 Å². The number of hydrogen-bond acceptors (Lipinski definition) is 4. The van der Waals surface area contributed by atoms with E-state index in [-0.39, 0.29) is 18.6 Å². The number of pyridine rings is 1. The first-order valence-corrected chi connectivity index (χ1v) is 6.31. The molecular formula is C11H16N2O2S. The van der Waals surface area contributed by atoms with Gasteiger partial charge in [0, 0.05) is 24.4 Å². The van der Waals surface area contributed by atoms with Gasteiger partial charge in [0.2, 0.25) is 0 Å². The van der Waals surface area contributed by atoms with Gasteiger partial charge in [-0.3, -0.25) is 4.79 Å². The zero-order valence-electron chi connectivity index (χ0n) is 9.43. The molecule has 88 valence electrons. The fourth-order valence-corrected chi connectivity index (χ4v) is 1.65. The summed E-state index contributed by atoms with van der Waals surface area (Å²) in [6.07, 6.45) is 4.10. The average molecular weight is 240 g/mol. The second-order valence-electron chi connectivity index (χ2n) is 3.47. The van der Waals surface area contributed by atoms with Crippen LogP contribution in [0.25, 0.3) is 0 Å². The van der Waals surface area contributed by atoms with Crippen LogP contribution in [0.5, 0.6) is 0 Å². The summed E-state index contributed by atoms with van der Waals surface area (Å²) in [4.78, 5) is 15.9. The van der Waals surface area contributed by atoms with Gasteiger partial charge in [-0.15, -0.1) is 11.8 Å². The summed E-state index contributed by atoms with van der Waals surface area (Å²) in [5.74, 6) is -0.126. The maximum absolute atomic E-state index is 11.8. The molecule has 0 aromatic carbocycles. The molecule has 1 unspecified atom stereocenters. The smallest absolute Gasteiger partial charge is 0.251 e. The Hall–Kier alpha value is -1.07. The molecule has 5 heteroatoms. The highest BCUT2D eigenvalue weighted by molar-refractivity contribution is 7.98. The molecule has 1 aromatic rings. The minimum Gasteiger partial charge on any atom is -0.396 e. The maximum atomic E-state index is 11.8. The zero-order chi connectivity index (χ0) is 12.0. The van der Waals surface area contributed by atoms with Crippen molar-refractivity contribution in [1.29, 1.82) is 0 Å². The molecular weight excluding hydrogens is 224 g/mol. The highest BCUT2D eigenvalue weighted by atomic mass is 32.2. The predicted octanol–water partition coefficient (Wildman–Crippen LogP) is 1.30. The largest absolute Gasteiger partial charge is 0.396 e. The molecule has 0 aliphatic rings. The monoisotopic (exact) mass is 240 g/mol. The number of carbonyl (C=O) groups excluding carboxylic acids is 1. The van der Waals surface area contributed by atoms with Crippen LogP contribution < -0.4 is 5.32 Å². The Kier molecular flexibility index (Phi) is 5.28. The second kappa shape index (κ2) is 6.50. The summed E-state index contributed by atoms with van der Waals surface area (Å²) in [5, 5.41) is 12.4. The average Bonchev–Trinajstić information content (AvgIpc) is 2.29. The van der Waals surface area contributed by atoms with Crippen LogP contribution >= 0.6 is 11.8 Å². The van der Waals surface area contributed by atoms with Gasteiger partial charge >= 0.3 is 0 Å². The topological polar surface area (TPSA) is 62.2 Å². The van der Waals surface area contributed by atoms with Gasteiger partial charge in [-0.2, -0.15) is 0 Å². The lowest BCUT2D eigenvalue weighted by atomic mass is 10.2. The molecule has 0 aliphatic carbocycles. The van der Waals surface area contributed by atoms with Gasteiger partial charge in [-0.25, -0.2) is 4.98 Å². The van der Waals surface area contributed by atoms with Gasteiger partial charge in [-0.1, -0.05) is 0 Å². The van der Waals surface area contributed by atoms with Crippen LogP contribution in [0.3, 0.4) is 0 Å². The first-order chi connectivity index (χ1) is 7.67. The lowest BCUT2D eigenvalue weighted by Crippen LogP contribution is -2.33. The lowest BCUT2D eigenvalue weighted by Gasteiger charge is -2.12. The van der Waals surface area contributed by atoms with E-state index in [1.165, 1.54) is 11.8 Å². The Morgan fingerprint density at radius 3 is 3.06 bits per heavy atom. The van der Waals surface area contributed by atoms with Gasteiger partial charge in [-0.05, 0) is 31.7 Å². The van der Waals surface area contributed by atoms with Crippen LogP contribution in [0.4, 0.5) is 0 Å². The maximum Gasteiger partial charge on any atom is 0.251 e. The number of nitrogens with one attached hydrogen (secondary N) is 1. The molecule has 4 nitrogen and oxygen atoms in total. The fourth-order valence-electron chi connectivity index (χ4n) is 1.24. The van der Waals surface area contributed by atoms with E-state index in [1.54, 1.807) is 18.3 Å². The van der Waals surface area contributed by atoms with Gasteiger partial charge < -0.3 is 10.4 Å². The molecule has 0 saturated heterocycles. The molecule has 1 heterocycles. The summed E-state index contributed by atoms with van der Waals surface area (Å²) < 4.78 is 0. The van der Waals surface area contributed by atoms with Crippen molar-refractivity contribution in [2.24, 2.45) is 0 Å². The summed E-state index contributed by atoms with van der Waals surface area (Å²) in [6, 6.07) is 3.41. The molecule has 0 radical (unpaired) electrons.